The molecule has 0 atom stereocenters. The molecule has 0 saturated carbocycles. The topological polar surface area (TPSA) is 68.5 Å². The molecule has 0 aliphatic rings. The van der Waals surface area contributed by atoms with Gasteiger partial charge in [0.25, 0.3) is 5.95 Å². The number of rotatable bonds is 3. The van der Waals surface area contributed by atoms with E-state index >= 15 is 0 Å². The number of benzene rings is 1. The molecular formula is C12H8Cl2N6. The molecule has 3 rings (SSSR count). The Bertz CT molecular complexity index is 728. The van der Waals surface area contributed by atoms with E-state index in [2.05, 4.69) is 25.8 Å². The van der Waals surface area contributed by atoms with Crippen molar-refractivity contribution in [2.75, 3.05) is 5.32 Å². The number of pyridine rings is 1. The summed E-state index contributed by atoms with van der Waals surface area (Å²) < 4.78 is 1.48. The van der Waals surface area contributed by atoms with E-state index in [1.807, 2.05) is 0 Å². The minimum Gasteiger partial charge on any atom is -0.323 e. The molecule has 3 aromatic rings. The normalized spacial score (nSPS) is 10.5. The number of hydrogen-bond acceptors (Lipinski definition) is 5. The summed E-state index contributed by atoms with van der Waals surface area (Å²) in [6, 6.07) is 8.87. The monoisotopic (exact) mass is 306 g/mol. The second-order valence-electron chi connectivity index (χ2n) is 3.85. The van der Waals surface area contributed by atoms with Gasteiger partial charge in [0.2, 0.25) is 0 Å². The number of nitrogens with one attached hydrogen (secondary N) is 1. The lowest BCUT2D eigenvalue weighted by molar-refractivity contribution is 0.791. The van der Waals surface area contributed by atoms with Gasteiger partial charge in [-0.25, -0.2) is 0 Å². The minimum atomic E-state index is 0.388. The number of aromatic nitrogens is 5. The van der Waals surface area contributed by atoms with Crippen molar-refractivity contribution in [1.29, 1.82) is 0 Å². The number of nitrogens with zero attached hydrogens (tertiary/aromatic N) is 5. The van der Waals surface area contributed by atoms with Gasteiger partial charge in [-0.2, -0.15) is 4.68 Å². The van der Waals surface area contributed by atoms with Crippen molar-refractivity contribution < 1.29 is 0 Å². The van der Waals surface area contributed by atoms with E-state index in [0.29, 0.717) is 21.7 Å². The number of tetrazole rings is 1. The van der Waals surface area contributed by atoms with Crippen LogP contribution in [0.3, 0.4) is 0 Å². The molecule has 2 heterocycles. The summed E-state index contributed by atoms with van der Waals surface area (Å²) in [5, 5.41) is 15.4. The van der Waals surface area contributed by atoms with Gasteiger partial charge < -0.3 is 5.32 Å². The van der Waals surface area contributed by atoms with Crippen LogP contribution in [-0.4, -0.2) is 25.2 Å². The predicted octanol–water partition coefficient (Wildman–Crippen LogP) is 3.11. The molecule has 1 aromatic carbocycles. The van der Waals surface area contributed by atoms with Gasteiger partial charge in [-0.15, -0.1) is 0 Å². The summed E-state index contributed by atoms with van der Waals surface area (Å²) >= 11 is 12.2. The molecule has 1 N–H and O–H groups in total. The highest BCUT2D eigenvalue weighted by Crippen LogP contribution is 2.29. The van der Waals surface area contributed by atoms with E-state index in [1.54, 1.807) is 42.7 Å². The molecule has 0 radical (unpaired) electrons. The second-order valence-corrected chi connectivity index (χ2v) is 4.63. The average molecular weight is 307 g/mol. The standard InChI is InChI=1S/C12H8Cl2N6/c13-9-2-1-3-10(11(9)14)20-12(17-18-19-20)16-8-4-6-15-7-5-8/h1-7H,(H,15,16,17,19). The molecule has 0 aliphatic carbocycles. The Morgan fingerprint density at radius 2 is 1.85 bits per heavy atom. The number of halogens is 2. The van der Waals surface area contributed by atoms with Crippen LogP contribution in [0.15, 0.2) is 42.7 Å². The van der Waals surface area contributed by atoms with Crippen molar-refractivity contribution in [2.45, 2.75) is 0 Å². The van der Waals surface area contributed by atoms with Crippen LogP contribution in [-0.2, 0) is 0 Å². The summed E-state index contributed by atoms with van der Waals surface area (Å²) in [7, 11) is 0. The number of anilines is 2. The molecule has 0 saturated heterocycles. The van der Waals surface area contributed by atoms with E-state index in [9.17, 15) is 0 Å². The highest BCUT2D eigenvalue weighted by atomic mass is 35.5. The molecule has 0 amide bonds. The summed E-state index contributed by atoms with van der Waals surface area (Å²) in [6.45, 7) is 0. The minimum absolute atomic E-state index is 0.388. The molecule has 6 nitrogen and oxygen atoms in total. The highest BCUT2D eigenvalue weighted by Gasteiger charge is 2.13. The largest absolute Gasteiger partial charge is 0.323 e. The van der Waals surface area contributed by atoms with Crippen LogP contribution in [0.4, 0.5) is 11.6 Å². The van der Waals surface area contributed by atoms with Crippen molar-refractivity contribution in [3.63, 3.8) is 0 Å². The van der Waals surface area contributed by atoms with Gasteiger partial charge in [-0.05, 0) is 34.7 Å². The molecule has 0 aliphatic heterocycles. The molecule has 0 fully saturated rings. The average Bonchev–Trinajstić information content (AvgIpc) is 2.91. The lowest BCUT2D eigenvalue weighted by atomic mass is 10.3. The lowest BCUT2D eigenvalue weighted by Gasteiger charge is -2.08. The smallest absolute Gasteiger partial charge is 0.252 e. The summed E-state index contributed by atoms with van der Waals surface area (Å²) in [6.07, 6.45) is 3.34. The highest BCUT2D eigenvalue weighted by molar-refractivity contribution is 6.43. The molecule has 0 bridgehead atoms. The van der Waals surface area contributed by atoms with Gasteiger partial charge in [-0.1, -0.05) is 34.4 Å². The summed E-state index contributed by atoms with van der Waals surface area (Å²) in [5.41, 5.74) is 1.41. The van der Waals surface area contributed by atoms with Crippen LogP contribution in [0, 0.1) is 0 Å². The first kappa shape index (κ1) is 12.8. The van der Waals surface area contributed by atoms with Crippen LogP contribution >= 0.6 is 23.2 Å². The van der Waals surface area contributed by atoms with Crippen LogP contribution in [0.1, 0.15) is 0 Å². The SMILES string of the molecule is Clc1cccc(-n2nnnc2Nc2ccncc2)c1Cl. The van der Waals surface area contributed by atoms with Crippen molar-refractivity contribution in [2.24, 2.45) is 0 Å². The van der Waals surface area contributed by atoms with E-state index < -0.39 is 0 Å². The fraction of sp³-hybridized carbons (Fsp3) is 0. The third kappa shape index (κ3) is 2.43. The molecule has 20 heavy (non-hydrogen) atoms. The first-order valence-electron chi connectivity index (χ1n) is 5.65. The lowest BCUT2D eigenvalue weighted by Crippen LogP contribution is -2.04. The zero-order valence-electron chi connectivity index (χ0n) is 10.0. The maximum atomic E-state index is 6.17. The van der Waals surface area contributed by atoms with E-state index in [1.165, 1.54) is 4.68 Å². The quantitative estimate of drug-likeness (QED) is 0.805. The Morgan fingerprint density at radius 1 is 1.05 bits per heavy atom. The van der Waals surface area contributed by atoms with Crippen molar-refractivity contribution in [3.05, 3.63) is 52.8 Å². The Kier molecular flexibility index (Phi) is 3.49. The Balaban J connectivity index is 2.00. The Labute approximate surface area is 124 Å². The van der Waals surface area contributed by atoms with Crippen LogP contribution in [0.25, 0.3) is 5.69 Å². The molecule has 8 heteroatoms. The number of hydrogen-bond donors (Lipinski definition) is 1. The summed E-state index contributed by atoms with van der Waals surface area (Å²) in [5.74, 6) is 0.431. The third-order valence-electron chi connectivity index (χ3n) is 2.57. The maximum Gasteiger partial charge on any atom is 0.252 e. The van der Waals surface area contributed by atoms with Crippen LogP contribution < -0.4 is 5.32 Å². The zero-order valence-corrected chi connectivity index (χ0v) is 11.5. The first-order valence-corrected chi connectivity index (χ1v) is 6.41. The fourth-order valence-corrected chi connectivity index (χ4v) is 2.02. The van der Waals surface area contributed by atoms with Crippen molar-refractivity contribution >= 4 is 34.8 Å². The molecule has 100 valence electrons. The van der Waals surface area contributed by atoms with Gasteiger partial charge in [0.05, 0.1) is 15.7 Å². The van der Waals surface area contributed by atoms with Crippen molar-refractivity contribution in [1.82, 2.24) is 25.2 Å². The van der Waals surface area contributed by atoms with Crippen LogP contribution in [0.2, 0.25) is 10.0 Å². The molecule has 0 spiro atoms. The van der Waals surface area contributed by atoms with Gasteiger partial charge in [0, 0.05) is 18.1 Å². The maximum absolute atomic E-state index is 6.17. The first-order chi connectivity index (χ1) is 9.75. The fourth-order valence-electron chi connectivity index (χ4n) is 1.65. The van der Waals surface area contributed by atoms with E-state index in [4.69, 9.17) is 23.2 Å². The Morgan fingerprint density at radius 3 is 2.65 bits per heavy atom. The second kappa shape index (κ2) is 5.44. The zero-order chi connectivity index (χ0) is 13.9. The van der Waals surface area contributed by atoms with E-state index in [-0.39, 0.29) is 0 Å². The molecular weight excluding hydrogens is 299 g/mol. The van der Waals surface area contributed by atoms with Crippen molar-refractivity contribution in [3.8, 4) is 5.69 Å². The molecule has 2 aromatic heterocycles. The van der Waals surface area contributed by atoms with Crippen LogP contribution in [0.5, 0.6) is 0 Å². The third-order valence-corrected chi connectivity index (χ3v) is 3.37. The van der Waals surface area contributed by atoms with Gasteiger partial charge in [0.15, 0.2) is 0 Å². The van der Waals surface area contributed by atoms with Gasteiger partial charge in [0.1, 0.15) is 0 Å². The van der Waals surface area contributed by atoms with Gasteiger partial charge in [-0.3, -0.25) is 4.98 Å². The van der Waals surface area contributed by atoms with Gasteiger partial charge >= 0.3 is 0 Å². The molecule has 0 unspecified atom stereocenters. The predicted molar refractivity (Wildman–Crippen MR) is 76.7 cm³/mol. The summed E-state index contributed by atoms with van der Waals surface area (Å²) in [4.78, 5) is 3.94. The Hall–Kier alpha value is -2.18. The van der Waals surface area contributed by atoms with E-state index in [0.717, 1.165) is 5.69 Å².